The van der Waals surface area contributed by atoms with Gasteiger partial charge in [0.25, 0.3) is 0 Å². The minimum absolute atomic E-state index is 0.125. The van der Waals surface area contributed by atoms with Crippen LogP contribution in [-0.2, 0) is 5.41 Å². The summed E-state index contributed by atoms with van der Waals surface area (Å²) >= 11 is 3.80. The Morgan fingerprint density at radius 3 is 1.87 bits per heavy atom. The van der Waals surface area contributed by atoms with E-state index in [2.05, 4.69) is 182 Å². The van der Waals surface area contributed by atoms with E-state index in [-0.39, 0.29) is 5.41 Å². The third-order valence-electron chi connectivity index (χ3n) is 12.0. The van der Waals surface area contributed by atoms with E-state index in [0.29, 0.717) is 0 Å². The van der Waals surface area contributed by atoms with Gasteiger partial charge in [-0.25, -0.2) is 0 Å². The highest BCUT2D eigenvalue weighted by molar-refractivity contribution is 7.26. The predicted molar refractivity (Wildman–Crippen MR) is 235 cm³/mol. The van der Waals surface area contributed by atoms with Crippen LogP contribution in [0.4, 0.5) is 0 Å². The summed E-state index contributed by atoms with van der Waals surface area (Å²) in [4.78, 5) is 0. The Balaban J connectivity index is 1.05. The minimum atomic E-state index is -0.125. The number of benzene rings is 8. The molecule has 0 aliphatic heterocycles. The van der Waals surface area contributed by atoms with Crippen molar-refractivity contribution in [2.75, 3.05) is 0 Å². The zero-order valence-electron chi connectivity index (χ0n) is 29.9. The van der Waals surface area contributed by atoms with E-state index in [1.54, 1.807) is 0 Å². The average Bonchev–Trinajstić information content (AvgIpc) is 3.94. The summed E-state index contributed by atoms with van der Waals surface area (Å²) in [6.45, 7) is 4.84. The van der Waals surface area contributed by atoms with Crippen molar-refractivity contribution < 1.29 is 0 Å². The van der Waals surface area contributed by atoms with Crippen molar-refractivity contribution in [3.8, 4) is 39.1 Å². The topological polar surface area (TPSA) is 4.93 Å². The molecule has 3 heterocycles. The fourth-order valence-electron chi connectivity index (χ4n) is 9.50. The van der Waals surface area contributed by atoms with Crippen molar-refractivity contribution in [3.63, 3.8) is 0 Å². The second-order valence-electron chi connectivity index (χ2n) is 15.3. The van der Waals surface area contributed by atoms with Crippen LogP contribution in [0.15, 0.2) is 164 Å². The monoisotopic (exact) mass is 723 g/mol. The van der Waals surface area contributed by atoms with E-state index in [9.17, 15) is 0 Å². The fraction of sp³-hybridized carbons (Fsp3) is 0.0588. The van der Waals surface area contributed by atoms with Gasteiger partial charge in [0.15, 0.2) is 0 Å². The third kappa shape index (κ3) is 4.14. The number of rotatable bonds is 3. The molecule has 3 aromatic heterocycles. The first-order valence-corrected chi connectivity index (χ1v) is 20.3. The van der Waals surface area contributed by atoms with Crippen molar-refractivity contribution >= 4 is 84.8 Å². The molecule has 0 fully saturated rings. The van der Waals surface area contributed by atoms with Crippen LogP contribution in [-0.4, -0.2) is 4.57 Å². The second-order valence-corrected chi connectivity index (χ2v) is 17.4. The average molecular weight is 724 g/mol. The Labute approximate surface area is 321 Å². The highest BCUT2D eigenvalue weighted by Gasteiger charge is 2.38. The van der Waals surface area contributed by atoms with Crippen LogP contribution in [0.2, 0.25) is 0 Å². The molecule has 0 unspecified atom stereocenters. The van der Waals surface area contributed by atoms with Gasteiger partial charge in [0.1, 0.15) is 0 Å². The lowest BCUT2D eigenvalue weighted by atomic mass is 9.80. The summed E-state index contributed by atoms with van der Waals surface area (Å²) in [6.07, 6.45) is 0. The van der Waals surface area contributed by atoms with Gasteiger partial charge in [0.05, 0.1) is 11.0 Å². The lowest BCUT2D eigenvalue weighted by Crippen LogP contribution is -2.15. The molecule has 54 heavy (non-hydrogen) atoms. The lowest BCUT2D eigenvalue weighted by molar-refractivity contribution is 0.667. The number of fused-ring (bicyclic) bond motifs is 13. The molecule has 0 spiro atoms. The molecular formula is C51H33NS2. The van der Waals surface area contributed by atoms with Crippen LogP contribution in [0.1, 0.15) is 25.0 Å². The molecule has 0 N–H and O–H groups in total. The Morgan fingerprint density at radius 1 is 0.426 bits per heavy atom. The standard InChI is InChI=1S/C51H33NS2/c1-51(2)42-29-31(19-22-35(42)37-23-26-47-48(49(37)51)39-14-7-9-18-46(39)53-47)30-20-24-43-40(27-30)41-28-32(21-25-44(41)52(43)33-11-4-3-5-12-33)34-15-10-16-38-36-13-6-8-17-45(36)54-50(34)38/h3-29H,1-2H3. The van der Waals surface area contributed by atoms with E-state index < -0.39 is 0 Å². The van der Waals surface area contributed by atoms with Gasteiger partial charge in [-0.15, -0.1) is 22.7 Å². The van der Waals surface area contributed by atoms with Crippen molar-refractivity contribution in [1.82, 2.24) is 4.57 Å². The SMILES string of the molecule is CC1(C)c2cc(-c3ccc4c(c3)c3cc(-c5cccc6c5sc5ccccc56)ccc3n4-c3ccccc3)ccc2-c2ccc3sc4ccccc4c3c21. The van der Waals surface area contributed by atoms with Crippen molar-refractivity contribution in [3.05, 3.63) is 175 Å². The molecule has 0 amide bonds. The Morgan fingerprint density at radius 2 is 1.06 bits per heavy atom. The zero-order valence-corrected chi connectivity index (χ0v) is 31.5. The van der Waals surface area contributed by atoms with Gasteiger partial charge in [0, 0.05) is 62.2 Å². The van der Waals surface area contributed by atoms with Gasteiger partial charge in [-0.1, -0.05) is 117 Å². The third-order valence-corrected chi connectivity index (χ3v) is 14.3. The molecule has 0 atom stereocenters. The molecule has 0 radical (unpaired) electrons. The first-order chi connectivity index (χ1) is 26.5. The maximum atomic E-state index is 2.47. The maximum Gasteiger partial charge on any atom is 0.0541 e. The van der Waals surface area contributed by atoms with Crippen LogP contribution in [0.25, 0.3) is 101 Å². The van der Waals surface area contributed by atoms with E-state index in [1.165, 1.54) is 112 Å². The summed E-state index contributed by atoms with van der Waals surface area (Å²) in [7, 11) is 0. The largest absolute Gasteiger partial charge is 0.309 e. The molecule has 3 heteroatoms. The van der Waals surface area contributed by atoms with Crippen LogP contribution in [0, 0.1) is 0 Å². The lowest BCUT2D eigenvalue weighted by Gasteiger charge is -2.23. The molecular weight excluding hydrogens is 691 g/mol. The fourth-order valence-corrected chi connectivity index (χ4v) is 11.9. The van der Waals surface area contributed by atoms with Crippen molar-refractivity contribution in [1.29, 1.82) is 0 Å². The molecule has 0 saturated carbocycles. The van der Waals surface area contributed by atoms with Crippen LogP contribution in [0.3, 0.4) is 0 Å². The quantitative estimate of drug-likeness (QED) is 0.171. The Hall–Kier alpha value is -6.00. The van der Waals surface area contributed by atoms with Crippen LogP contribution < -0.4 is 0 Å². The van der Waals surface area contributed by atoms with E-state index in [1.807, 2.05) is 22.7 Å². The number of hydrogen-bond donors (Lipinski definition) is 0. The van der Waals surface area contributed by atoms with Crippen LogP contribution >= 0.6 is 22.7 Å². The van der Waals surface area contributed by atoms with Gasteiger partial charge in [0.2, 0.25) is 0 Å². The van der Waals surface area contributed by atoms with Crippen molar-refractivity contribution in [2.45, 2.75) is 19.3 Å². The molecule has 1 nitrogen and oxygen atoms in total. The van der Waals surface area contributed by atoms with Crippen LogP contribution in [0.5, 0.6) is 0 Å². The molecule has 254 valence electrons. The summed E-state index contributed by atoms with van der Waals surface area (Å²) < 4.78 is 7.84. The van der Waals surface area contributed by atoms with E-state index in [4.69, 9.17) is 0 Å². The smallest absolute Gasteiger partial charge is 0.0541 e. The maximum absolute atomic E-state index is 2.47. The van der Waals surface area contributed by atoms with Gasteiger partial charge in [-0.3, -0.25) is 0 Å². The summed E-state index contributed by atoms with van der Waals surface area (Å²) in [5.74, 6) is 0. The van der Waals surface area contributed by atoms with Crippen molar-refractivity contribution in [2.24, 2.45) is 0 Å². The predicted octanol–water partition coefficient (Wildman–Crippen LogP) is 15.2. The van der Waals surface area contributed by atoms with E-state index in [0.717, 1.165) is 0 Å². The van der Waals surface area contributed by atoms with Gasteiger partial charge in [-0.2, -0.15) is 0 Å². The highest BCUT2D eigenvalue weighted by atomic mass is 32.1. The molecule has 1 aliphatic carbocycles. The summed E-state index contributed by atoms with van der Waals surface area (Å²) in [5.41, 5.74) is 14.1. The molecule has 11 aromatic rings. The summed E-state index contributed by atoms with van der Waals surface area (Å²) in [6, 6.07) is 61.3. The summed E-state index contributed by atoms with van der Waals surface area (Å²) in [5, 5.41) is 8.00. The molecule has 8 aromatic carbocycles. The number of para-hydroxylation sites is 1. The minimum Gasteiger partial charge on any atom is -0.309 e. The number of nitrogens with zero attached hydrogens (tertiary/aromatic N) is 1. The number of thiophene rings is 2. The number of aromatic nitrogens is 1. The highest BCUT2D eigenvalue weighted by Crippen LogP contribution is 2.54. The Bertz CT molecular complexity index is 3350. The molecule has 0 bridgehead atoms. The Kier molecular flexibility index (Phi) is 6.22. The first kappa shape index (κ1) is 30.5. The molecule has 12 rings (SSSR count). The second kappa shape index (κ2) is 11.0. The van der Waals surface area contributed by atoms with Gasteiger partial charge in [-0.05, 0) is 105 Å². The molecule has 0 saturated heterocycles. The first-order valence-electron chi connectivity index (χ1n) is 18.7. The normalized spacial score (nSPS) is 13.5. The van der Waals surface area contributed by atoms with Gasteiger partial charge >= 0.3 is 0 Å². The van der Waals surface area contributed by atoms with Gasteiger partial charge < -0.3 is 4.57 Å². The zero-order chi connectivity index (χ0) is 35.7. The molecule has 1 aliphatic rings. The van der Waals surface area contributed by atoms with E-state index >= 15 is 0 Å². The number of hydrogen-bond acceptors (Lipinski definition) is 2.